The number of nitrogens with zero attached hydrogens (tertiary/aromatic N) is 3. The minimum absolute atomic E-state index is 0.230. The van der Waals surface area contributed by atoms with Crippen LogP contribution in [0.1, 0.15) is 56.3 Å². The van der Waals surface area contributed by atoms with Crippen molar-refractivity contribution in [1.82, 2.24) is 14.5 Å². The van der Waals surface area contributed by atoms with Gasteiger partial charge in [-0.25, -0.2) is 14.8 Å². The maximum Gasteiger partial charge on any atom is 0.344 e. The molecule has 0 unspecified atom stereocenters. The van der Waals surface area contributed by atoms with E-state index in [1.54, 1.807) is 0 Å². The lowest BCUT2D eigenvalue weighted by molar-refractivity contribution is 0.0381. The van der Waals surface area contributed by atoms with Crippen molar-refractivity contribution in [2.24, 2.45) is 0 Å². The van der Waals surface area contributed by atoms with Gasteiger partial charge in [-0.2, -0.15) is 0 Å². The molecule has 0 saturated heterocycles. The molecule has 1 aliphatic rings. The standard InChI is InChI=1S/C22H26N4O2/c1-14(2)28-22(27)18-19-21(25-17-11-7-6-10-16(17)24-19)26(20(18)23)13-12-15-8-4-3-5-9-15/h6-8,10-11,14H,3-5,9,12-13,23H2,1-2H3. The Morgan fingerprint density at radius 2 is 1.96 bits per heavy atom. The third-order valence-corrected chi connectivity index (χ3v) is 5.18. The Morgan fingerprint density at radius 1 is 1.21 bits per heavy atom. The van der Waals surface area contributed by atoms with Crippen molar-refractivity contribution >= 4 is 34.0 Å². The Balaban J connectivity index is 1.82. The Hall–Kier alpha value is -2.89. The lowest BCUT2D eigenvalue weighted by Crippen LogP contribution is -2.14. The second-order valence-electron chi connectivity index (χ2n) is 7.61. The van der Waals surface area contributed by atoms with E-state index in [1.807, 2.05) is 42.7 Å². The molecule has 0 bridgehead atoms. The summed E-state index contributed by atoms with van der Waals surface area (Å²) in [6.07, 6.45) is 7.79. The number of allylic oxidation sites excluding steroid dienone is 2. The number of hydrogen-bond acceptors (Lipinski definition) is 5. The van der Waals surface area contributed by atoms with Crippen molar-refractivity contribution in [1.29, 1.82) is 0 Å². The first kappa shape index (κ1) is 18.5. The van der Waals surface area contributed by atoms with E-state index in [2.05, 4.69) is 6.08 Å². The molecule has 0 atom stereocenters. The topological polar surface area (TPSA) is 83.0 Å². The number of para-hydroxylation sites is 2. The van der Waals surface area contributed by atoms with Gasteiger partial charge >= 0.3 is 5.97 Å². The molecule has 4 rings (SSSR count). The second kappa shape index (κ2) is 7.62. The summed E-state index contributed by atoms with van der Waals surface area (Å²) < 4.78 is 7.35. The van der Waals surface area contributed by atoms with Gasteiger partial charge in [0.2, 0.25) is 0 Å². The van der Waals surface area contributed by atoms with Crippen molar-refractivity contribution in [2.75, 3.05) is 5.73 Å². The lowest BCUT2D eigenvalue weighted by atomic mass is 9.97. The predicted octanol–water partition coefficient (Wildman–Crippen LogP) is 4.62. The van der Waals surface area contributed by atoms with Crippen LogP contribution in [-0.2, 0) is 11.3 Å². The summed E-state index contributed by atoms with van der Waals surface area (Å²) in [5.41, 5.74) is 10.9. The molecular weight excluding hydrogens is 352 g/mol. The van der Waals surface area contributed by atoms with Crippen molar-refractivity contribution in [3.63, 3.8) is 0 Å². The number of anilines is 1. The third-order valence-electron chi connectivity index (χ3n) is 5.18. The fourth-order valence-corrected chi connectivity index (χ4v) is 3.80. The monoisotopic (exact) mass is 378 g/mol. The molecule has 1 aliphatic carbocycles. The first-order valence-corrected chi connectivity index (χ1v) is 9.98. The summed E-state index contributed by atoms with van der Waals surface area (Å²) >= 11 is 0. The van der Waals surface area contributed by atoms with E-state index >= 15 is 0 Å². The molecule has 2 aromatic heterocycles. The smallest absolute Gasteiger partial charge is 0.344 e. The van der Waals surface area contributed by atoms with Crippen molar-refractivity contribution in [3.05, 3.63) is 41.5 Å². The maximum atomic E-state index is 12.8. The first-order chi connectivity index (χ1) is 13.5. The number of hydrogen-bond donors (Lipinski definition) is 1. The van der Waals surface area contributed by atoms with Crippen LogP contribution in [0.25, 0.3) is 22.2 Å². The largest absolute Gasteiger partial charge is 0.459 e. The van der Waals surface area contributed by atoms with Gasteiger partial charge in [0.25, 0.3) is 0 Å². The van der Waals surface area contributed by atoms with Crippen molar-refractivity contribution in [3.8, 4) is 0 Å². The molecule has 28 heavy (non-hydrogen) atoms. The number of esters is 1. The molecule has 1 aromatic carbocycles. The second-order valence-corrected chi connectivity index (χ2v) is 7.61. The minimum atomic E-state index is -0.447. The van der Waals surface area contributed by atoms with Crippen LogP contribution in [-0.4, -0.2) is 26.6 Å². The number of carbonyl (C=O) groups is 1. The number of fused-ring (bicyclic) bond motifs is 2. The highest BCUT2D eigenvalue weighted by atomic mass is 16.5. The fourth-order valence-electron chi connectivity index (χ4n) is 3.80. The molecule has 0 aliphatic heterocycles. The molecule has 146 valence electrons. The van der Waals surface area contributed by atoms with Crippen LogP contribution >= 0.6 is 0 Å². The van der Waals surface area contributed by atoms with E-state index in [4.69, 9.17) is 20.4 Å². The zero-order valence-corrected chi connectivity index (χ0v) is 16.4. The normalized spacial score (nSPS) is 14.6. The van der Waals surface area contributed by atoms with Crippen LogP contribution in [0.3, 0.4) is 0 Å². The van der Waals surface area contributed by atoms with Gasteiger partial charge in [0.05, 0.1) is 17.1 Å². The first-order valence-electron chi connectivity index (χ1n) is 9.98. The van der Waals surface area contributed by atoms with E-state index in [-0.39, 0.29) is 6.10 Å². The third kappa shape index (κ3) is 3.46. The molecule has 0 saturated carbocycles. The van der Waals surface area contributed by atoms with Crippen LogP contribution in [0, 0.1) is 0 Å². The van der Waals surface area contributed by atoms with Gasteiger partial charge in [-0.15, -0.1) is 0 Å². The van der Waals surface area contributed by atoms with Crippen LogP contribution in [0.5, 0.6) is 0 Å². The van der Waals surface area contributed by atoms with Crippen LogP contribution in [0.4, 0.5) is 5.82 Å². The molecule has 6 nitrogen and oxygen atoms in total. The van der Waals surface area contributed by atoms with Gasteiger partial charge in [-0.05, 0) is 58.1 Å². The molecule has 0 radical (unpaired) electrons. The summed E-state index contributed by atoms with van der Waals surface area (Å²) in [5, 5.41) is 0. The Labute approximate surface area is 164 Å². The average molecular weight is 378 g/mol. The Kier molecular flexibility index (Phi) is 5.03. The van der Waals surface area contributed by atoms with Crippen molar-refractivity contribution in [2.45, 2.75) is 58.6 Å². The molecule has 2 heterocycles. The molecule has 0 fully saturated rings. The van der Waals surface area contributed by atoms with Gasteiger partial charge in [-0.1, -0.05) is 23.8 Å². The van der Waals surface area contributed by atoms with Crippen molar-refractivity contribution < 1.29 is 9.53 Å². The summed E-state index contributed by atoms with van der Waals surface area (Å²) in [7, 11) is 0. The predicted molar refractivity (Wildman–Crippen MR) is 111 cm³/mol. The zero-order chi connectivity index (χ0) is 19.7. The summed E-state index contributed by atoms with van der Waals surface area (Å²) in [4.78, 5) is 22.2. The van der Waals surface area contributed by atoms with Gasteiger partial charge < -0.3 is 15.0 Å². The van der Waals surface area contributed by atoms with E-state index in [1.165, 1.54) is 18.4 Å². The number of aromatic nitrogens is 3. The van der Waals surface area contributed by atoms with Gasteiger partial charge in [0.1, 0.15) is 16.9 Å². The van der Waals surface area contributed by atoms with Crippen LogP contribution in [0.15, 0.2) is 35.9 Å². The van der Waals surface area contributed by atoms with E-state index in [0.717, 1.165) is 30.3 Å². The zero-order valence-electron chi connectivity index (χ0n) is 16.4. The highest BCUT2D eigenvalue weighted by Crippen LogP contribution is 2.30. The number of rotatable bonds is 5. The molecule has 2 N–H and O–H groups in total. The minimum Gasteiger partial charge on any atom is -0.459 e. The number of nitrogens with two attached hydrogens (primary N) is 1. The number of carbonyl (C=O) groups excluding carboxylic acids is 1. The lowest BCUT2D eigenvalue weighted by Gasteiger charge is -2.14. The SMILES string of the molecule is CC(C)OC(=O)c1c(N)n(CCC2=CCCCC2)c2nc3ccccc3nc12. The van der Waals surface area contributed by atoms with E-state index < -0.39 is 5.97 Å². The molecule has 0 amide bonds. The number of benzene rings is 1. The number of ether oxygens (including phenoxy) is 1. The molecule has 3 aromatic rings. The molecular formula is C22H26N4O2. The molecule has 0 spiro atoms. The summed E-state index contributed by atoms with van der Waals surface area (Å²) in [6.45, 7) is 4.32. The van der Waals surface area contributed by atoms with Crippen LogP contribution < -0.4 is 5.73 Å². The Morgan fingerprint density at radius 3 is 2.64 bits per heavy atom. The highest BCUT2D eigenvalue weighted by Gasteiger charge is 2.25. The fraction of sp³-hybridized carbons (Fsp3) is 0.409. The number of aryl methyl sites for hydroxylation is 1. The summed E-state index contributed by atoms with van der Waals surface area (Å²) in [6, 6.07) is 7.65. The van der Waals surface area contributed by atoms with E-state index in [9.17, 15) is 4.79 Å². The van der Waals surface area contributed by atoms with E-state index in [0.29, 0.717) is 29.1 Å². The van der Waals surface area contributed by atoms with Crippen LogP contribution in [0.2, 0.25) is 0 Å². The highest BCUT2D eigenvalue weighted by molar-refractivity contribution is 6.08. The van der Waals surface area contributed by atoms with Gasteiger partial charge in [-0.3, -0.25) is 0 Å². The van der Waals surface area contributed by atoms with Gasteiger partial charge in [0, 0.05) is 6.54 Å². The summed E-state index contributed by atoms with van der Waals surface area (Å²) in [5.74, 6) is -0.0647. The Bertz CT molecular complexity index is 1070. The average Bonchev–Trinajstić information content (AvgIpc) is 2.95. The quantitative estimate of drug-likeness (QED) is 0.517. The number of nitrogen functional groups attached to an aromatic ring is 1. The molecule has 6 heteroatoms. The maximum absolute atomic E-state index is 12.8. The van der Waals surface area contributed by atoms with Gasteiger partial charge in [0.15, 0.2) is 5.65 Å².